The Hall–Kier alpha value is -3.93. The lowest BCUT2D eigenvalue weighted by atomic mass is 9.97. The second-order valence-corrected chi connectivity index (χ2v) is 54.3. The molecular formula is C76H96Br4N4Si4. The Balaban J connectivity index is 0.000000251. The molecule has 2 heterocycles. The number of hydrogen-bond donors (Lipinski definition) is 0. The van der Waals surface area contributed by atoms with Crippen molar-refractivity contribution in [2.24, 2.45) is 0 Å². The Morgan fingerprint density at radius 3 is 0.545 bits per heavy atom. The van der Waals surface area contributed by atoms with Crippen molar-refractivity contribution in [2.75, 3.05) is 0 Å². The van der Waals surface area contributed by atoms with E-state index in [0.717, 1.165) is 106 Å². The summed E-state index contributed by atoms with van der Waals surface area (Å²) in [6, 6.07) is 25.5. The van der Waals surface area contributed by atoms with Gasteiger partial charge in [-0.25, -0.2) is 19.9 Å². The molecule has 0 fully saturated rings. The predicted octanol–water partition coefficient (Wildman–Crippen LogP) is 25.2. The van der Waals surface area contributed by atoms with Crippen LogP contribution >= 0.6 is 63.7 Å². The average Bonchev–Trinajstić information content (AvgIpc) is 0.853. The third kappa shape index (κ3) is 13.2. The average molecular weight is 1500 g/mol. The standard InChI is InChI=1S/2C38H48Br2N2Si2/c2*1-23(2)43(24(3)4,25(5)6)19-17-31-29-15-13-14-16-30(29)32(18-20-44(26(7)8,27(9)10)28(11)12)38-37(31)41-35-21-33(39)34(40)22-36(35)42-38/h2*13-16,21-28H,1-12H3. The van der Waals surface area contributed by atoms with Crippen LogP contribution in [0.25, 0.3) is 65.7 Å². The molecule has 0 saturated heterocycles. The van der Waals surface area contributed by atoms with E-state index in [-0.39, 0.29) is 0 Å². The fraction of sp³-hybridized carbons (Fsp3) is 0.474. The molecule has 2 aromatic heterocycles. The van der Waals surface area contributed by atoms with Gasteiger partial charge in [0.25, 0.3) is 0 Å². The van der Waals surface area contributed by atoms with Crippen molar-refractivity contribution in [2.45, 2.75) is 233 Å². The van der Waals surface area contributed by atoms with E-state index in [4.69, 9.17) is 19.9 Å². The van der Waals surface area contributed by atoms with E-state index in [1.54, 1.807) is 0 Å². The Labute approximate surface area is 568 Å². The fourth-order valence-electron chi connectivity index (χ4n) is 16.1. The zero-order chi connectivity index (χ0) is 65.4. The largest absolute Gasteiger partial charge is 0.243 e. The summed E-state index contributed by atoms with van der Waals surface area (Å²) in [7, 11) is -7.97. The predicted molar refractivity (Wildman–Crippen MR) is 412 cm³/mol. The zero-order valence-corrected chi connectivity index (χ0v) is 67.5. The van der Waals surface area contributed by atoms with Gasteiger partial charge in [0.05, 0.1) is 44.3 Å². The molecule has 0 spiro atoms. The van der Waals surface area contributed by atoms with Crippen LogP contribution in [-0.4, -0.2) is 52.2 Å². The Bertz CT molecular complexity index is 3580. The van der Waals surface area contributed by atoms with Gasteiger partial charge in [0, 0.05) is 39.4 Å². The molecule has 0 radical (unpaired) electrons. The van der Waals surface area contributed by atoms with Gasteiger partial charge in [0.2, 0.25) is 0 Å². The number of halogens is 4. The molecule has 0 aliphatic carbocycles. The van der Waals surface area contributed by atoms with Crippen molar-refractivity contribution in [1.82, 2.24) is 19.9 Å². The first-order valence-corrected chi connectivity index (χ1v) is 44.4. The van der Waals surface area contributed by atoms with Gasteiger partial charge >= 0.3 is 0 Å². The monoisotopic (exact) mass is 1490 g/mol. The maximum Gasteiger partial charge on any atom is 0.146 e. The van der Waals surface area contributed by atoms with Crippen LogP contribution in [0.2, 0.25) is 66.5 Å². The van der Waals surface area contributed by atoms with Crippen LogP contribution in [0.4, 0.5) is 0 Å². The lowest BCUT2D eigenvalue weighted by Crippen LogP contribution is -2.43. The molecular weight excluding hydrogens is 1400 g/mol. The van der Waals surface area contributed by atoms with Gasteiger partial charge in [0.15, 0.2) is 0 Å². The Kier molecular flexibility index (Phi) is 23.2. The maximum atomic E-state index is 5.32. The summed E-state index contributed by atoms with van der Waals surface area (Å²) in [5, 5.41) is 4.47. The molecule has 0 bridgehead atoms. The van der Waals surface area contributed by atoms with Crippen molar-refractivity contribution in [3.05, 3.63) is 113 Å². The van der Waals surface area contributed by atoms with Gasteiger partial charge in [-0.2, -0.15) is 0 Å². The number of nitrogens with zero attached hydrogens (tertiary/aromatic N) is 4. The second-order valence-electron chi connectivity index (χ2n) is 28.5. The summed E-state index contributed by atoms with van der Waals surface area (Å²) in [6.45, 7) is 56.8. The first-order chi connectivity index (χ1) is 41.2. The van der Waals surface area contributed by atoms with E-state index < -0.39 is 32.3 Å². The first-order valence-electron chi connectivity index (χ1n) is 32.3. The van der Waals surface area contributed by atoms with Crippen LogP contribution < -0.4 is 0 Å². The summed E-state index contributed by atoms with van der Waals surface area (Å²) >= 11 is 14.8. The van der Waals surface area contributed by atoms with Crippen LogP contribution in [0.1, 0.15) is 188 Å². The van der Waals surface area contributed by atoms with Gasteiger partial charge in [-0.05, 0) is 154 Å². The summed E-state index contributed by atoms with van der Waals surface area (Å²) in [6.07, 6.45) is 0. The molecule has 6 aromatic carbocycles. The molecule has 8 rings (SSSR count). The molecule has 0 aliphatic heterocycles. The fourth-order valence-corrected chi connectivity index (χ4v) is 38.2. The molecule has 0 unspecified atom stereocenters. The number of benzene rings is 6. The van der Waals surface area contributed by atoms with Crippen molar-refractivity contribution in [1.29, 1.82) is 0 Å². The SMILES string of the molecule is CC(C)[Si](C#Cc1c2ccccc2c(C#C[Si](C(C)C)(C(C)C)C(C)C)c2nc3cc(Br)c(Br)cc3nc12)(C(C)C)C(C)C.CC(C)[Si](C#Cc1c2ccccc2c(C#C[Si](C(C)C)(C(C)C)C(C)C)c2nc3cc(Br)c(Br)cc3nc12)(C(C)C)C(C)C. The highest BCUT2D eigenvalue weighted by Gasteiger charge is 2.45. The van der Waals surface area contributed by atoms with E-state index in [9.17, 15) is 0 Å². The third-order valence-electron chi connectivity index (χ3n) is 20.4. The molecule has 0 atom stereocenters. The Morgan fingerprint density at radius 1 is 0.261 bits per heavy atom. The summed E-state index contributed by atoms with van der Waals surface area (Å²) in [4.78, 5) is 21.3. The van der Waals surface area contributed by atoms with Crippen LogP contribution in [0.3, 0.4) is 0 Å². The summed E-state index contributed by atoms with van der Waals surface area (Å²) in [5.41, 5.74) is 33.2. The number of hydrogen-bond acceptors (Lipinski definition) is 4. The van der Waals surface area contributed by atoms with Gasteiger partial charge in [-0.1, -0.05) is 238 Å². The van der Waals surface area contributed by atoms with Gasteiger partial charge in [-0.15, -0.1) is 22.2 Å². The molecule has 12 heteroatoms. The van der Waals surface area contributed by atoms with Crippen LogP contribution in [0.5, 0.6) is 0 Å². The highest BCUT2D eigenvalue weighted by atomic mass is 79.9. The molecule has 4 nitrogen and oxygen atoms in total. The Morgan fingerprint density at radius 2 is 0.409 bits per heavy atom. The van der Waals surface area contributed by atoms with Crippen molar-refractivity contribution >= 4 is 162 Å². The molecule has 8 aromatic rings. The molecule has 88 heavy (non-hydrogen) atoms. The van der Waals surface area contributed by atoms with Crippen LogP contribution in [-0.2, 0) is 0 Å². The third-order valence-corrected chi connectivity index (χ3v) is 49.2. The first kappa shape index (κ1) is 71.5. The van der Waals surface area contributed by atoms with Crippen molar-refractivity contribution in [3.63, 3.8) is 0 Å². The highest BCUT2D eigenvalue weighted by molar-refractivity contribution is 9.13. The minimum absolute atomic E-state index is 0.541. The van der Waals surface area contributed by atoms with E-state index >= 15 is 0 Å². The number of fused-ring (bicyclic) bond motifs is 6. The number of aromatic nitrogens is 4. The normalized spacial score (nSPS) is 12.7. The van der Waals surface area contributed by atoms with E-state index in [1.807, 2.05) is 24.3 Å². The van der Waals surface area contributed by atoms with Crippen LogP contribution in [0.15, 0.2) is 90.7 Å². The van der Waals surface area contributed by atoms with Gasteiger partial charge in [-0.3, -0.25) is 0 Å². The van der Waals surface area contributed by atoms with Gasteiger partial charge in [0.1, 0.15) is 54.4 Å². The zero-order valence-electron chi connectivity index (χ0n) is 57.2. The smallest absolute Gasteiger partial charge is 0.146 e. The minimum atomic E-state index is -1.99. The molecule has 0 saturated carbocycles. The molecule has 0 N–H and O–H groups in total. The number of rotatable bonds is 12. The quantitative estimate of drug-likeness (QED) is 0.0695. The molecule has 0 amide bonds. The molecule has 464 valence electrons. The van der Waals surface area contributed by atoms with Gasteiger partial charge < -0.3 is 0 Å². The summed E-state index contributed by atoms with van der Waals surface area (Å²) < 4.78 is 3.83. The maximum absolute atomic E-state index is 5.32. The van der Waals surface area contributed by atoms with E-state index in [2.05, 4.69) is 324 Å². The topological polar surface area (TPSA) is 51.6 Å². The lowest BCUT2D eigenvalue weighted by molar-refractivity contribution is 0.838. The molecule has 0 aliphatic rings. The summed E-state index contributed by atoms with van der Waals surface area (Å²) in [5.74, 6) is 15.2. The van der Waals surface area contributed by atoms with E-state index in [1.165, 1.54) is 0 Å². The highest BCUT2D eigenvalue weighted by Crippen LogP contribution is 2.46. The second kappa shape index (κ2) is 28.5. The lowest BCUT2D eigenvalue weighted by Gasteiger charge is -2.38. The van der Waals surface area contributed by atoms with Crippen molar-refractivity contribution in [3.8, 4) is 45.9 Å². The van der Waals surface area contributed by atoms with E-state index in [0.29, 0.717) is 66.5 Å². The minimum Gasteiger partial charge on any atom is -0.243 e. The van der Waals surface area contributed by atoms with Crippen LogP contribution in [0, 0.1) is 45.9 Å². The van der Waals surface area contributed by atoms with Crippen molar-refractivity contribution < 1.29 is 0 Å².